The van der Waals surface area contributed by atoms with E-state index in [1.54, 1.807) is 6.21 Å². The Morgan fingerprint density at radius 3 is 2.54 bits per heavy atom. The van der Waals surface area contributed by atoms with Gasteiger partial charge in [-0.25, -0.2) is 9.97 Å². The number of hydrogen-bond donors (Lipinski definition) is 1. The molecule has 0 atom stereocenters. The molecular formula is C19H17ClN4. The predicted molar refractivity (Wildman–Crippen MR) is 99.6 cm³/mol. The van der Waals surface area contributed by atoms with Gasteiger partial charge in [0.1, 0.15) is 0 Å². The molecule has 0 radical (unpaired) electrons. The van der Waals surface area contributed by atoms with Gasteiger partial charge in [-0.15, -0.1) is 0 Å². The number of aryl methyl sites for hydroxylation is 1. The second kappa shape index (κ2) is 7.23. The van der Waals surface area contributed by atoms with Gasteiger partial charge in [-0.05, 0) is 31.5 Å². The first-order chi connectivity index (χ1) is 11.6. The van der Waals surface area contributed by atoms with Crippen LogP contribution in [-0.2, 0) is 0 Å². The number of aromatic nitrogens is 2. The van der Waals surface area contributed by atoms with Crippen LogP contribution in [0.3, 0.4) is 0 Å². The van der Waals surface area contributed by atoms with Crippen molar-refractivity contribution >= 4 is 23.6 Å². The van der Waals surface area contributed by atoms with Crippen molar-refractivity contribution in [1.29, 1.82) is 0 Å². The highest BCUT2D eigenvalue weighted by atomic mass is 35.5. The van der Waals surface area contributed by atoms with Crippen molar-refractivity contribution in [2.45, 2.75) is 13.8 Å². The first-order valence-electron chi connectivity index (χ1n) is 7.59. The lowest BCUT2D eigenvalue weighted by Crippen LogP contribution is -2.03. The van der Waals surface area contributed by atoms with E-state index in [0.717, 1.165) is 22.4 Å². The van der Waals surface area contributed by atoms with Gasteiger partial charge in [-0.2, -0.15) is 5.10 Å². The number of benzene rings is 2. The van der Waals surface area contributed by atoms with Crippen molar-refractivity contribution in [3.05, 3.63) is 76.4 Å². The Morgan fingerprint density at radius 2 is 1.79 bits per heavy atom. The molecule has 3 rings (SSSR count). The van der Waals surface area contributed by atoms with E-state index in [2.05, 4.69) is 20.5 Å². The summed E-state index contributed by atoms with van der Waals surface area (Å²) in [4.78, 5) is 9.15. The van der Waals surface area contributed by atoms with Crippen LogP contribution >= 0.6 is 11.6 Å². The van der Waals surface area contributed by atoms with Crippen LogP contribution in [0.15, 0.2) is 59.7 Å². The van der Waals surface area contributed by atoms with Gasteiger partial charge >= 0.3 is 0 Å². The summed E-state index contributed by atoms with van der Waals surface area (Å²) in [6.45, 7) is 3.94. The fourth-order valence-corrected chi connectivity index (χ4v) is 2.41. The first-order valence-corrected chi connectivity index (χ1v) is 7.96. The van der Waals surface area contributed by atoms with Crippen LogP contribution in [0.5, 0.6) is 0 Å². The Kier molecular flexibility index (Phi) is 4.87. The van der Waals surface area contributed by atoms with Crippen LogP contribution in [0.25, 0.3) is 11.4 Å². The molecule has 24 heavy (non-hydrogen) atoms. The maximum Gasteiger partial charge on any atom is 0.161 e. The Bertz CT molecular complexity index is 876. The second-order valence-corrected chi connectivity index (χ2v) is 5.83. The normalized spacial score (nSPS) is 11.0. The zero-order chi connectivity index (χ0) is 16.9. The molecule has 120 valence electrons. The number of hydrazone groups is 1. The molecule has 0 bridgehead atoms. The van der Waals surface area contributed by atoms with Gasteiger partial charge in [-0.1, -0.05) is 54.1 Å². The van der Waals surface area contributed by atoms with Gasteiger partial charge in [0.2, 0.25) is 0 Å². The minimum Gasteiger partial charge on any atom is -0.261 e. The average molecular weight is 337 g/mol. The Balaban J connectivity index is 1.86. The molecule has 1 N–H and O–H groups in total. The van der Waals surface area contributed by atoms with E-state index in [9.17, 15) is 0 Å². The molecule has 0 aliphatic rings. The molecule has 1 aromatic heterocycles. The number of anilines is 1. The Morgan fingerprint density at radius 1 is 1.00 bits per heavy atom. The molecule has 0 unspecified atom stereocenters. The quantitative estimate of drug-likeness (QED) is 0.546. The van der Waals surface area contributed by atoms with Gasteiger partial charge < -0.3 is 0 Å². The Hall–Kier alpha value is -2.72. The van der Waals surface area contributed by atoms with Crippen molar-refractivity contribution in [3.8, 4) is 11.4 Å². The average Bonchev–Trinajstić information content (AvgIpc) is 2.59. The van der Waals surface area contributed by atoms with Crippen LogP contribution in [0.1, 0.15) is 16.8 Å². The van der Waals surface area contributed by atoms with E-state index in [1.807, 2.05) is 68.4 Å². The van der Waals surface area contributed by atoms with E-state index in [1.165, 1.54) is 0 Å². The lowest BCUT2D eigenvalue weighted by molar-refractivity contribution is 1.06. The molecule has 0 spiro atoms. The van der Waals surface area contributed by atoms with Gasteiger partial charge in [0.15, 0.2) is 11.6 Å². The number of nitrogens with one attached hydrogen (secondary N) is 1. The molecule has 0 aliphatic heterocycles. The first kappa shape index (κ1) is 16.1. The van der Waals surface area contributed by atoms with E-state index >= 15 is 0 Å². The monoisotopic (exact) mass is 336 g/mol. The highest BCUT2D eigenvalue weighted by molar-refractivity contribution is 6.30. The minimum atomic E-state index is 0.680. The van der Waals surface area contributed by atoms with Crippen molar-refractivity contribution in [3.63, 3.8) is 0 Å². The summed E-state index contributed by atoms with van der Waals surface area (Å²) >= 11 is 5.97. The summed E-state index contributed by atoms with van der Waals surface area (Å²) in [6.07, 6.45) is 1.71. The third-order valence-corrected chi connectivity index (χ3v) is 3.89. The number of rotatable bonds is 4. The van der Waals surface area contributed by atoms with Crippen LogP contribution in [0.4, 0.5) is 5.82 Å². The molecule has 1 heterocycles. The number of nitrogens with zero attached hydrogens (tertiary/aromatic N) is 3. The second-order valence-electron chi connectivity index (χ2n) is 5.40. The zero-order valence-electron chi connectivity index (χ0n) is 13.5. The van der Waals surface area contributed by atoms with E-state index in [-0.39, 0.29) is 0 Å². The van der Waals surface area contributed by atoms with E-state index in [4.69, 9.17) is 11.6 Å². The SMILES string of the molecule is Cc1nc(-c2ccccc2)nc(N/N=C/c2cccc(Cl)c2)c1C. The summed E-state index contributed by atoms with van der Waals surface area (Å²) < 4.78 is 0. The maximum atomic E-state index is 5.97. The fourth-order valence-electron chi connectivity index (χ4n) is 2.21. The lowest BCUT2D eigenvalue weighted by atomic mass is 10.2. The van der Waals surface area contributed by atoms with Crippen molar-refractivity contribution in [2.24, 2.45) is 5.10 Å². The van der Waals surface area contributed by atoms with Gasteiger partial charge in [0.25, 0.3) is 0 Å². The van der Waals surface area contributed by atoms with Crippen LogP contribution in [0.2, 0.25) is 5.02 Å². The highest BCUT2D eigenvalue weighted by Crippen LogP contribution is 2.21. The number of hydrogen-bond acceptors (Lipinski definition) is 4. The highest BCUT2D eigenvalue weighted by Gasteiger charge is 2.08. The van der Waals surface area contributed by atoms with Gasteiger partial charge in [0, 0.05) is 21.8 Å². The standard InChI is InChI=1S/C19H17ClN4/c1-13-14(2)22-19(16-8-4-3-5-9-16)23-18(13)24-21-12-15-7-6-10-17(20)11-15/h3-12H,1-2H3,(H,22,23,24)/b21-12+. The molecule has 0 saturated heterocycles. The topological polar surface area (TPSA) is 50.2 Å². The summed E-state index contributed by atoms with van der Waals surface area (Å²) in [5.41, 5.74) is 6.79. The summed E-state index contributed by atoms with van der Waals surface area (Å²) in [5, 5.41) is 4.95. The van der Waals surface area contributed by atoms with Crippen molar-refractivity contribution < 1.29 is 0 Å². The molecule has 5 heteroatoms. The fraction of sp³-hybridized carbons (Fsp3) is 0.105. The smallest absolute Gasteiger partial charge is 0.161 e. The number of halogens is 1. The molecule has 0 aliphatic carbocycles. The summed E-state index contributed by atoms with van der Waals surface area (Å²) in [6, 6.07) is 17.4. The van der Waals surface area contributed by atoms with Gasteiger partial charge in [-0.3, -0.25) is 5.43 Å². The zero-order valence-corrected chi connectivity index (χ0v) is 14.2. The molecular weight excluding hydrogens is 320 g/mol. The molecule has 0 fully saturated rings. The largest absolute Gasteiger partial charge is 0.261 e. The van der Waals surface area contributed by atoms with Gasteiger partial charge in [0.05, 0.1) is 6.21 Å². The predicted octanol–water partition coefficient (Wildman–Crippen LogP) is 4.86. The van der Waals surface area contributed by atoms with Crippen LogP contribution < -0.4 is 5.43 Å². The molecule has 3 aromatic rings. The summed E-state index contributed by atoms with van der Waals surface area (Å²) in [7, 11) is 0. The third-order valence-electron chi connectivity index (χ3n) is 3.65. The van der Waals surface area contributed by atoms with Crippen LogP contribution in [0, 0.1) is 13.8 Å². The maximum absolute atomic E-state index is 5.97. The molecule has 2 aromatic carbocycles. The van der Waals surface area contributed by atoms with E-state index in [0.29, 0.717) is 16.7 Å². The molecule has 0 amide bonds. The molecule has 0 saturated carbocycles. The minimum absolute atomic E-state index is 0.680. The third kappa shape index (κ3) is 3.78. The van der Waals surface area contributed by atoms with Crippen molar-refractivity contribution in [1.82, 2.24) is 9.97 Å². The van der Waals surface area contributed by atoms with Crippen molar-refractivity contribution in [2.75, 3.05) is 5.43 Å². The lowest BCUT2D eigenvalue weighted by Gasteiger charge is -2.09. The molecule has 4 nitrogen and oxygen atoms in total. The van der Waals surface area contributed by atoms with Crippen LogP contribution in [-0.4, -0.2) is 16.2 Å². The summed E-state index contributed by atoms with van der Waals surface area (Å²) in [5.74, 6) is 1.37. The van der Waals surface area contributed by atoms with E-state index < -0.39 is 0 Å². The Labute approximate surface area is 146 Å².